The fourth-order valence-electron chi connectivity index (χ4n) is 2.58. The molecule has 2 rings (SSSR count). The van der Waals surface area contributed by atoms with Gasteiger partial charge in [0.05, 0.1) is 5.56 Å². The van der Waals surface area contributed by atoms with E-state index >= 15 is 0 Å². The van der Waals surface area contributed by atoms with Gasteiger partial charge in [-0.25, -0.2) is 4.79 Å². The van der Waals surface area contributed by atoms with Gasteiger partial charge in [0.15, 0.2) is 5.78 Å². The van der Waals surface area contributed by atoms with Crippen molar-refractivity contribution in [3.8, 4) is 0 Å². The average Bonchev–Trinajstić information content (AvgIpc) is 2.81. The standard InChI is InChI=1S/C13H18N2O3/c1-9(16)11-8-14-13(18)15(12(11)17)7-6-10-4-2-3-5-10/h8,10H,2-7H2,1H3,(H,14,18). The van der Waals surface area contributed by atoms with Crippen molar-refractivity contribution < 1.29 is 4.79 Å². The zero-order valence-electron chi connectivity index (χ0n) is 10.6. The normalized spacial score (nSPS) is 16.1. The van der Waals surface area contributed by atoms with Gasteiger partial charge in [-0.2, -0.15) is 0 Å². The molecule has 0 aliphatic heterocycles. The van der Waals surface area contributed by atoms with Gasteiger partial charge in [-0.05, 0) is 19.3 Å². The number of nitrogens with zero attached hydrogens (tertiary/aromatic N) is 1. The summed E-state index contributed by atoms with van der Waals surface area (Å²) in [6.07, 6.45) is 6.88. The van der Waals surface area contributed by atoms with Gasteiger partial charge in [0.2, 0.25) is 0 Å². The van der Waals surface area contributed by atoms with E-state index in [1.54, 1.807) is 0 Å². The van der Waals surface area contributed by atoms with Gasteiger partial charge < -0.3 is 4.98 Å². The van der Waals surface area contributed by atoms with Gasteiger partial charge in [-0.3, -0.25) is 14.2 Å². The van der Waals surface area contributed by atoms with Crippen molar-refractivity contribution in [1.82, 2.24) is 9.55 Å². The molecule has 5 heteroatoms. The number of carbonyl (C=O) groups excluding carboxylic acids is 1. The van der Waals surface area contributed by atoms with Crippen LogP contribution in [0.2, 0.25) is 0 Å². The smallest absolute Gasteiger partial charge is 0.313 e. The van der Waals surface area contributed by atoms with E-state index in [1.807, 2.05) is 0 Å². The number of H-pyrrole nitrogens is 1. The predicted octanol–water partition coefficient (Wildman–Crippen LogP) is 1.32. The van der Waals surface area contributed by atoms with Crippen molar-refractivity contribution in [1.29, 1.82) is 0 Å². The predicted molar refractivity (Wildman–Crippen MR) is 67.9 cm³/mol. The molecule has 0 spiro atoms. The third kappa shape index (κ3) is 2.60. The van der Waals surface area contributed by atoms with Crippen LogP contribution in [0.1, 0.15) is 49.4 Å². The van der Waals surface area contributed by atoms with Crippen molar-refractivity contribution in [3.05, 3.63) is 32.6 Å². The first-order valence-corrected chi connectivity index (χ1v) is 6.43. The van der Waals surface area contributed by atoms with E-state index in [4.69, 9.17) is 0 Å². The van der Waals surface area contributed by atoms with E-state index in [-0.39, 0.29) is 11.3 Å². The second-order valence-electron chi connectivity index (χ2n) is 4.96. The van der Waals surface area contributed by atoms with Gasteiger partial charge in [-0.1, -0.05) is 25.7 Å². The fourth-order valence-corrected chi connectivity index (χ4v) is 2.58. The number of hydrogen-bond donors (Lipinski definition) is 1. The molecular weight excluding hydrogens is 232 g/mol. The Morgan fingerprint density at radius 3 is 2.67 bits per heavy atom. The number of nitrogens with one attached hydrogen (secondary N) is 1. The van der Waals surface area contributed by atoms with Gasteiger partial charge in [0.25, 0.3) is 5.56 Å². The topological polar surface area (TPSA) is 71.9 Å². The molecule has 0 unspecified atom stereocenters. The van der Waals surface area contributed by atoms with Crippen LogP contribution in [-0.2, 0) is 6.54 Å². The van der Waals surface area contributed by atoms with E-state index in [9.17, 15) is 14.4 Å². The van der Waals surface area contributed by atoms with Crippen molar-refractivity contribution >= 4 is 5.78 Å². The Morgan fingerprint density at radius 1 is 1.39 bits per heavy atom. The first-order valence-electron chi connectivity index (χ1n) is 6.43. The zero-order chi connectivity index (χ0) is 13.1. The largest absolute Gasteiger partial charge is 0.328 e. The maximum atomic E-state index is 12.0. The minimum atomic E-state index is -0.468. The van der Waals surface area contributed by atoms with Gasteiger partial charge in [0, 0.05) is 12.7 Å². The van der Waals surface area contributed by atoms with E-state index in [2.05, 4.69) is 4.98 Å². The Morgan fingerprint density at radius 2 is 2.06 bits per heavy atom. The number of hydrogen-bond acceptors (Lipinski definition) is 3. The molecule has 98 valence electrons. The zero-order valence-corrected chi connectivity index (χ0v) is 10.6. The second kappa shape index (κ2) is 5.33. The molecule has 0 bridgehead atoms. The highest BCUT2D eigenvalue weighted by atomic mass is 16.2. The fraction of sp³-hybridized carbons (Fsp3) is 0.615. The maximum Gasteiger partial charge on any atom is 0.328 e. The number of Topliss-reactive ketones (excluding diaryl/α,β-unsaturated/α-hetero) is 1. The van der Waals surface area contributed by atoms with E-state index in [0.717, 1.165) is 11.0 Å². The Kier molecular flexibility index (Phi) is 3.79. The molecule has 1 fully saturated rings. The molecule has 1 aliphatic rings. The highest BCUT2D eigenvalue weighted by Crippen LogP contribution is 2.27. The molecule has 1 saturated carbocycles. The Hall–Kier alpha value is -1.65. The van der Waals surface area contributed by atoms with Gasteiger partial charge >= 0.3 is 5.69 Å². The highest BCUT2D eigenvalue weighted by molar-refractivity contribution is 5.93. The van der Waals surface area contributed by atoms with Crippen molar-refractivity contribution in [2.75, 3.05) is 0 Å². The lowest BCUT2D eigenvalue weighted by Gasteiger charge is -2.10. The molecule has 0 amide bonds. The summed E-state index contributed by atoms with van der Waals surface area (Å²) in [5.41, 5.74) is -0.840. The van der Waals surface area contributed by atoms with Crippen LogP contribution >= 0.6 is 0 Å². The Bertz CT molecular complexity index is 550. The molecule has 0 atom stereocenters. The molecule has 0 aromatic carbocycles. The lowest BCUT2D eigenvalue weighted by Crippen LogP contribution is -2.38. The maximum absolute atomic E-state index is 12.0. The molecule has 0 saturated heterocycles. The van der Waals surface area contributed by atoms with Gasteiger partial charge in [0.1, 0.15) is 0 Å². The summed E-state index contributed by atoms with van der Waals surface area (Å²) in [7, 11) is 0. The first kappa shape index (κ1) is 12.8. The number of carbonyl (C=O) groups is 1. The first-order chi connectivity index (χ1) is 8.59. The molecule has 1 N–H and O–H groups in total. The molecule has 1 aromatic heterocycles. The summed E-state index contributed by atoms with van der Waals surface area (Å²) in [5.74, 6) is 0.295. The second-order valence-corrected chi connectivity index (χ2v) is 4.96. The molecule has 5 nitrogen and oxygen atoms in total. The van der Waals surface area contributed by atoms with Crippen molar-refractivity contribution in [2.24, 2.45) is 5.92 Å². The van der Waals surface area contributed by atoms with Crippen LogP contribution < -0.4 is 11.2 Å². The van der Waals surface area contributed by atoms with Crippen LogP contribution in [0.3, 0.4) is 0 Å². The number of aromatic nitrogens is 2. The minimum Gasteiger partial charge on any atom is -0.313 e. The van der Waals surface area contributed by atoms with E-state index < -0.39 is 11.2 Å². The molecule has 1 aromatic rings. The third-order valence-corrected chi connectivity index (χ3v) is 3.68. The monoisotopic (exact) mass is 250 g/mol. The third-order valence-electron chi connectivity index (χ3n) is 3.68. The van der Waals surface area contributed by atoms with Crippen LogP contribution in [0, 0.1) is 5.92 Å². The summed E-state index contributed by atoms with van der Waals surface area (Å²) < 4.78 is 1.15. The van der Waals surface area contributed by atoms with E-state index in [1.165, 1.54) is 38.8 Å². The number of ketones is 1. The van der Waals surface area contributed by atoms with Crippen LogP contribution in [0.15, 0.2) is 15.8 Å². The summed E-state index contributed by atoms with van der Waals surface area (Å²) in [5, 5.41) is 0. The number of rotatable bonds is 4. The minimum absolute atomic E-state index is 0.0565. The lowest BCUT2D eigenvalue weighted by atomic mass is 10.0. The Balaban J connectivity index is 2.21. The average molecular weight is 250 g/mol. The highest BCUT2D eigenvalue weighted by Gasteiger charge is 2.16. The summed E-state index contributed by atoms with van der Waals surface area (Å²) >= 11 is 0. The van der Waals surface area contributed by atoms with Crippen LogP contribution in [0.25, 0.3) is 0 Å². The van der Waals surface area contributed by atoms with Crippen molar-refractivity contribution in [2.45, 2.75) is 45.6 Å². The summed E-state index contributed by atoms with van der Waals surface area (Å²) in [6.45, 7) is 1.73. The van der Waals surface area contributed by atoms with Crippen LogP contribution in [0.4, 0.5) is 0 Å². The molecular formula is C13H18N2O3. The summed E-state index contributed by atoms with van der Waals surface area (Å²) in [4.78, 5) is 37.3. The van der Waals surface area contributed by atoms with E-state index in [0.29, 0.717) is 12.5 Å². The summed E-state index contributed by atoms with van der Waals surface area (Å²) in [6, 6.07) is 0. The lowest BCUT2D eigenvalue weighted by molar-refractivity contribution is 0.101. The molecule has 1 heterocycles. The van der Waals surface area contributed by atoms with Crippen LogP contribution in [0.5, 0.6) is 0 Å². The molecule has 1 aliphatic carbocycles. The molecule has 0 radical (unpaired) electrons. The molecule has 18 heavy (non-hydrogen) atoms. The van der Waals surface area contributed by atoms with Crippen LogP contribution in [-0.4, -0.2) is 15.3 Å². The quantitative estimate of drug-likeness (QED) is 0.819. The number of aromatic amines is 1. The van der Waals surface area contributed by atoms with Gasteiger partial charge in [-0.15, -0.1) is 0 Å². The van der Waals surface area contributed by atoms with Crippen molar-refractivity contribution in [3.63, 3.8) is 0 Å². The Labute approximate surface area is 105 Å². The SMILES string of the molecule is CC(=O)c1c[nH]c(=O)n(CCC2CCCC2)c1=O.